The van der Waals surface area contributed by atoms with Gasteiger partial charge in [0.2, 0.25) is 5.91 Å². The standard InChI is InChI=1S/C16H30N2O2/c1-3-10-18(12-13-5-8-17-9-6-13)16(19)14-7-11-20-15(14)4-2/h13-15,17H,3-12H2,1-2H3. The molecule has 2 saturated heterocycles. The number of rotatable bonds is 6. The van der Waals surface area contributed by atoms with E-state index < -0.39 is 0 Å². The number of carbonyl (C=O) groups is 1. The second kappa shape index (κ2) is 7.99. The van der Waals surface area contributed by atoms with Gasteiger partial charge in [0.25, 0.3) is 0 Å². The monoisotopic (exact) mass is 282 g/mol. The minimum atomic E-state index is 0.105. The van der Waals surface area contributed by atoms with Crippen molar-refractivity contribution in [2.24, 2.45) is 11.8 Å². The summed E-state index contributed by atoms with van der Waals surface area (Å²) in [6.45, 7) is 9.07. The molecule has 0 bridgehead atoms. The van der Waals surface area contributed by atoms with Crippen LogP contribution in [0.1, 0.15) is 46.0 Å². The predicted molar refractivity (Wildman–Crippen MR) is 80.6 cm³/mol. The quantitative estimate of drug-likeness (QED) is 0.810. The number of ether oxygens (including phenoxy) is 1. The minimum absolute atomic E-state index is 0.105. The second-order valence-electron chi connectivity index (χ2n) is 6.19. The molecule has 0 aromatic rings. The third kappa shape index (κ3) is 3.95. The molecular weight excluding hydrogens is 252 g/mol. The topological polar surface area (TPSA) is 41.6 Å². The number of piperidine rings is 1. The van der Waals surface area contributed by atoms with E-state index in [9.17, 15) is 4.79 Å². The van der Waals surface area contributed by atoms with Gasteiger partial charge in [-0.1, -0.05) is 13.8 Å². The molecule has 0 saturated carbocycles. The van der Waals surface area contributed by atoms with Crippen molar-refractivity contribution in [1.82, 2.24) is 10.2 Å². The zero-order valence-electron chi connectivity index (χ0n) is 13.1. The van der Waals surface area contributed by atoms with Crippen LogP contribution in [-0.2, 0) is 9.53 Å². The van der Waals surface area contributed by atoms with Crippen LogP contribution in [0, 0.1) is 11.8 Å². The smallest absolute Gasteiger partial charge is 0.228 e. The molecule has 2 fully saturated rings. The summed E-state index contributed by atoms with van der Waals surface area (Å²) in [5.41, 5.74) is 0. The maximum atomic E-state index is 12.8. The average molecular weight is 282 g/mol. The highest BCUT2D eigenvalue weighted by molar-refractivity contribution is 5.79. The molecule has 4 nitrogen and oxygen atoms in total. The number of nitrogens with one attached hydrogen (secondary N) is 1. The highest BCUT2D eigenvalue weighted by atomic mass is 16.5. The Balaban J connectivity index is 1.93. The van der Waals surface area contributed by atoms with E-state index in [-0.39, 0.29) is 12.0 Å². The van der Waals surface area contributed by atoms with Crippen LogP contribution >= 0.6 is 0 Å². The summed E-state index contributed by atoms with van der Waals surface area (Å²) in [5, 5.41) is 3.40. The number of amides is 1. The van der Waals surface area contributed by atoms with Crippen molar-refractivity contribution in [2.75, 3.05) is 32.8 Å². The van der Waals surface area contributed by atoms with E-state index in [2.05, 4.69) is 24.1 Å². The molecule has 2 unspecified atom stereocenters. The number of hydrogen-bond donors (Lipinski definition) is 1. The van der Waals surface area contributed by atoms with Gasteiger partial charge >= 0.3 is 0 Å². The van der Waals surface area contributed by atoms with E-state index in [1.165, 1.54) is 12.8 Å². The summed E-state index contributed by atoms with van der Waals surface area (Å²) < 4.78 is 5.70. The van der Waals surface area contributed by atoms with Gasteiger partial charge in [-0.3, -0.25) is 4.79 Å². The molecule has 1 amide bonds. The molecule has 0 spiro atoms. The van der Waals surface area contributed by atoms with Gasteiger partial charge in [-0.25, -0.2) is 0 Å². The predicted octanol–water partition coefficient (Wildman–Crippen LogP) is 2.04. The number of hydrogen-bond acceptors (Lipinski definition) is 3. The van der Waals surface area contributed by atoms with E-state index in [0.717, 1.165) is 52.0 Å². The molecule has 1 N–H and O–H groups in total. The van der Waals surface area contributed by atoms with Gasteiger partial charge in [-0.15, -0.1) is 0 Å². The lowest BCUT2D eigenvalue weighted by atomic mass is 9.94. The first kappa shape index (κ1) is 15.8. The minimum Gasteiger partial charge on any atom is -0.377 e. The SMILES string of the molecule is CCCN(CC1CCNCC1)C(=O)C1CCOC1CC. The van der Waals surface area contributed by atoms with Gasteiger partial charge in [-0.05, 0) is 51.1 Å². The first-order valence-corrected chi connectivity index (χ1v) is 8.37. The zero-order valence-corrected chi connectivity index (χ0v) is 13.1. The highest BCUT2D eigenvalue weighted by Crippen LogP contribution is 2.26. The molecule has 2 rings (SSSR count). The van der Waals surface area contributed by atoms with Crippen LogP contribution in [-0.4, -0.2) is 49.7 Å². The normalized spacial score (nSPS) is 27.7. The van der Waals surface area contributed by atoms with E-state index in [4.69, 9.17) is 4.74 Å². The Labute approximate surface area is 123 Å². The van der Waals surface area contributed by atoms with Crippen LogP contribution in [0.4, 0.5) is 0 Å². The first-order chi connectivity index (χ1) is 9.76. The molecule has 2 heterocycles. The third-order valence-corrected chi connectivity index (χ3v) is 4.67. The Morgan fingerprint density at radius 2 is 2.00 bits per heavy atom. The fourth-order valence-electron chi connectivity index (χ4n) is 3.51. The van der Waals surface area contributed by atoms with Gasteiger partial charge in [0, 0.05) is 19.7 Å². The molecule has 2 aliphatic heterocycles. The van der Waals surface area contributed by atoms with Gasteiger partial charge in [0.1, 0.15) is 0 Å². The van der Waals surface area contributed by atoms with Crippen LogP contribution in [0.25, 0.3) is 0 Å². The van der Waals surface area contributed by atoms with Crippen molar-refractivity contribution in [3.05, 3.63) is 0 Å². The molecule has 0 aliphatic carbocycles. The van der Waals surface area contributed by atoms with Crippen molar-refractivity contribution < 1.29 is 9.53 Å². The summed E-state index contributed by atoms with van der Waals surface area (Å²) in [5.74, 6) is 1.12. The summed E-state index contributed by atoms with van der Waals surface area (Å²) >= 11 is 0. The Kier molecular flexibility index (Phi) is 6.30. The van der Waals surface area contributed by atoms with Gasteiger partial charge < -0.3 is 15.0 Å². The van der Waals surface area contributed by atoms with Crippen molar-refractivity contribution in [3.63, 3.8) is 0 Å². The molecule has 116 valence electrons. The van der Waals surface area contributed by atoms with Crippen LogP contribution in [0.3, 0.4) is 0 Å². The molecular formula is C16H30N2O2. The first-order valence-electron chi connectivity index (χ1n) is 8.37. The lowest BCUT2D eigenvalue weighted by Crippen LogP contribution is -2.44. The van der Waals surface area contributed by atoms with Crippen LogP contribution in [0.15, 0.2) is 0 Å². The second-order valence-corrected chi connectivity index (χ2v) is 6.19. The summed E-state index contributed by atoms with van der Waals surface area (Å²) in [6, 6.07) is 0. The largest absolute Gasteiger partial charge is 0.377 e. The lowest BCUT2D eigenvalue weighted by Gasteiger charge is -2.32. The average Bonchev–Trinajstić information content (AvgIpc) is 2.95. The van der Waals surface area contributed by atoms with Crippen molar-refractivity contribution in [3.8, 4) is 0 Å². The molecule has 0 aromatic carbocycles. The third-order valence-electron chi connectivity index (χ3n) is 4.67. The molecule has 2 aliphatic rings. The van der Waals surface area contributed by atoms with Crippen molar-refractivity contribution in [2.45, 2.75) is 52.1 Å². The molecule has 0 aromatic heterocycles. The van der Waals surface area contributed by atoms with Crippen molar-refractivity contribution >= 4 is 5.91 Å². The van der Waals surface area contributed by atoms with Crippen LogP contribution in [0.5, 0.6) is 0 Å². The molecule has 20 heavy (non-hydrogen) atoms. The van der Waals surface area contributed by atoms with Gasteiger partial charge in [-0.2, -0.15) is 0 Å². The number of carbonyl (C=O) groups excluding carboxylic acids is 1. The Morgan fingerprint density at radius 3 is 2.65 bits per heavy atom. The molecule has 2 atom stereocenters. The van der Waals surface area contributed by atoms with Crippen molar-refractivity contribution in [1.29, 1.82) is 0 Å². The Morgan fingerprint density at radius 1 is 1.25 bits per heavy atom. The molecule has 0 radical (unpaired) electrons. The fourth-order valence-corrected chi connectivity index (χ4v) is 3.51. The lowest BCUT2D eigenvalue weighted by molar-refractivity contribution is -0.138. The van der Waals surface area contributed by atoms with Gasteiger partial charge in [0.15, 0.2) is 0 Å². The summed E-state index contributed by atoms with van der Waals surface area (Å²) in [7, 11) is 0. The Bertz CT molecular complexity index is 303. The summed E-state index contributed by atoms with van der Waals surface area (Å²) in [6.07, 6.45) is 5.45. The maximum Gasteiger partial charge on any atom is 0.228 e. The Hall–Kier alpha value is -0.610. The zero-order chi connectivity index (χ0) is 14.4. The van der Waals surface area contributed by atoms with E-state index in [1.807, 2.05) is 0 Å². The van der Waals surface area contributed by atoms with Crippen LogP contribution < -0.4 is 5.32 Å². The maximum absolute atomic E-state index is 12.8. The van der Waals surface area contributed by atoms with Gasteiger partial charge in [0.05, 0.1) is 12.0 Å². The van der Waals surface area contributed by atoms with Crippen LogP contribution in [0.2, 0.25) is 0 Å². The highest BCUT2D eigenvalue weighted by Gasteiger charge is 2.35. The fraction of sp³-hybridized carbons (Fsp3) is 0.938. The van der Waals surface area contributed by atoms with E-state index in [1.54, 1.807) is 0 Å². The molecule has 4 heteroatoms. The van der Waals surface area contributed by atoms with E-state index in [0.29, 0.717) is 11.8 Å². The summed E-state index contributed by atoms with van der Waals surface area (Å²) in [4.78, 5) is 14.9. The number of nitrogens with zero attached hydrogens (tertiary/aromatic N) is 1. The van der Waals surface area contributed by atoms with E-state index >= 15 is 0 Å².